The Morgan fingerprint density at radius 3 is 2.16 bits per heavy atom. The summed E-state index contributed by atoms with van der Waals surface area (Å²) in [5.41, 5.74) is 8.62. The van der Waals surface area contributed by atoms with Gasteiger partial charge in [0.15, 0.2) is 17.5 Å². The van der Waals surface area contributed by atoms with E-state index in [1.54, 1.807) is 6.08 Å². The molecule has 0 spiro atoms. The van der Waals surface area contributed by atoms with E-state index in [0.29, 0.717) is 17.5 Å². The zero-order valence-corrected chi connectivity index (χ0v) is 14.7. The van der Waals surface area contributed by atoms with Gasteiger partial charge in [-0.1, -0.05) is 69.9 Å². The number of hydrogen-bond acceptors (Lipinski definition) is 3. The second-order valence-electron chi connectivity index (χ2n) is 5.40. The smallest absolute Gasteiger partial charge is 0.164 e. The minimum atomic E-state index is 0.620. The third kappa shape index (κ3) is 3.42. The van der Waals surface area contributed by atoms with Gasteiger partial charge in [-0.05, 0) is 30.4 Å². The number of rotatable bonds is 3. The second-order valence-corrected chi connectivity index (χ2v) is 6.32. The molecule has 0 radical (unpaired) electrons. The van der Waals surface area contributed by atoms with Gasteiger partial charge in [0.2, 0.25) is 0 Å². The highest BCUT2D eigenvalue weighted by atomic mass is 79.9. The molecule has 1 aliphatic rings. The van der Waals surface area contributed by atoms with Crippen LogP contribution in [0.25, 0.3) is 28.3 Å². The first kappa shape index (κ1) is 15.5. The lowest BCUT2D eigenvalue weighted by Crippen LogP contribution is -2.02. The first-order valence-electron chi connectivity index (χ1n) is 7.75. The van der Waals surface area contributed by atoms with Crippen molar-refractivity contribution in [3.05, 3.63) is 94.6 Å². The first-order valence-corrected chi connectivity index (χ1v) is 8.54. The molecule has 0 amide bonds. The van der Waals surface area contributed by atoms with E-state index in [2.05, 4.69) is 42.3 Å². The van der Waals surface area contributed by atoms with Crippen LogP contribution < -0.4 is 0 Å². The standard InChI is InChI=1S/C21H12BrN3/c22-18-13-7-12-17(14-18)21-24-19(15-8-3-1-4-9-15)23-20(25-21)16-10-5-2-6-11-16/h1,3-5,7-14H. The van der Waals surface area contributed by atoms with E-state index < -0.39 is 0 Å². The Kier molecular flexibility index (Phi) is 4.24. The van der Waals surface area contributed by atoms with Gasteiger partial charge in [0.25, 0.3) is 0 Å². The molecule has 0 aliphatic heterocycles. The van der Waals surface area contributed by atoms with E-state index >= 15 is 0 Å². The predicted molar refractivity (Wildman–Crippen MR) is 103 cm³/mol. The molecule has 1 aliphatic carbocycles. The van der Waals surface area contributed by atoms with E-state index in [9.17, 15) is 0 Å². The quantitative estimate of drug-likeness (QED) is 0.579. The maximum absolute atomic E-state index is 4.68. The number of nitrogens with zero attached hydrogens (tertiary/aromatic N) is 3. The molecule has 1 aromatic heterocycles. The van der Waals surface area contributed by atoms with Crippen molar-refractivity contribution in [1.29, 1.82) is 0 Å². The summed E-state index contributed by atoms with van der Waals surface area (Å²) in [6.45, 7) is 0. The molecule has 0 unspecified atom stereocenters. The molecular weight excluding hydrogens is 374 g/mol. The lowest BCUT2D eigenvalue weighted by atomic mass is 10.1. The van der Waals surface area contributed by atoms with Crippen LogP contribution in [0.2, 0.25) is 0 Å². The van der Waals surface area contributed by atoms with Crippen LogP contribution in [-0.4, -0.2) is 15.0 Å². The Morgan fingerprint density at radius 2 is 1.44 bits per heavy atom. The highest BCUT2D eigenvalue weighted by Crippen LogP contribution is 2.25. The lowest BCUT2D eigenvalue weighted by molar-refractivity contribution is 1.04. The van der Waals surface area contributed by atoms with Crippen molar-refractivity contribution in [3.63, 3.8) is 0 Å². The van der Waals surface area contributed by atoms with Gasteiger partial charge in [0, 0.05) is 21.2 Å². The Hall–Kier alpha value is -3.03. The van der Waals surface area contributed by atoms with Crippen molar-refractivity contribution < 1.29 is 0 Å². The van der Waals surface area contributed by atoms with Gasteiger partial charge in [0.05, 0.1) is 0 Å². The summed E-state index contributed by atoms with van der Waals surface area (Å²) < 4.78 is 0.982. The topological polar surface area (TPSA) is 38.7 Å². The summed E-state index contributed by atoms with van der Waals surface area (Å²) in [5.74, 6) is 1.90. The van der Waals surface area contributed by atoms with Crippen LogP contribution in [0.4, 0.5) is 0 Å². The number of halogens is 1. The van der Waals surface area contributed by atoms with Gasteiger partial charge in [0.1, 0.15) is 0 Å². The molecular formula is C21H12BrN3. The molecule has 0 bridgehead atoms. The monoisotopic (exact) mass is 385 g/mol. The number of allylic oxidation sites excluding steroid dienone is 4. The SMILES string of the molecule is Brc1cccc(-c2nc(C3=CC=C=C=C3)nc(-c3ccccc3)n2)c1. The van der Waals surface area contributed by atoms with Crippen LogP contribution in [0.1, 0.15) is 5.82 Å². The second kappa shape index (κ2) is 6.84. The highest BCUT2D eigenvalue weighted by Gasteiger charge is 2.12. The van der Waals surface area contributed by atoms with Gasteiger partial charge >= 0.3 is 0 Å². The van der Waals surface area contributed by atoms with Crippen molar-refractivity contribution in [3.8, 4) is 22.8 Å². The lowest BCUT2D eigenvalue weighted by Gasteiger charge is -2.08. The summed E-state index contributed by atoms with van der Waals surface area (Å²) >= 11 is 3.51. The molecule has 1 heterocycles. The van der Waals surface area contributed by atoms with Crippen molar-refractivity contribution in [2.45, 2.75) is 0 Å². The summed E-state index contributed by atoms with van der Waals surface area (Å²) in [7, 11) is 0. The molecule has 2 aromatic carbocycles. The normalized spacial score (nSPS) is 12.3. The van der Waals surface area contributed by atoms with Crippen molar-refractivity contribution in [1.82, 2.24) is 15.0 Å². The molecule has 118 valence electrons. The van der Waals surface area contributed by atoms with Crippen LogP contribution in [0.15, 0.2) is 88.8 Å². The van der Waals surface area contributed by atoms with E-state index in [-0.39, 0.29) is 0 Å². The average Bonchev–Trinajstić information content (AvgIpc) is 2.69. The number of benzene rings is 2. The molecule has 0 N–H and O–H groups in total. The first-order chi connectivity index (χ1) is 12.3. The largest absolute Gasteiger partial charge is 0.208 e. The fourth-order valence-electron chi connectivity index (χ4n) is 2.46. The predicted octanol–water partition coefficient (Wildman–Crippen LogP) is 5.23. The van der Waals surface area contributed by atoms with Crippen LogP contribution in [-0.2, 0) is 0 Å². The fraction of sp³-hybridized carbons (Fsp3) is 0. The van der Waals surface area contributed by atoms with E-state index in [0.717, 1.165) is 21.2 Å². The Morgan fingerprint density at radius 1 is 0.720 bits per heavy atom. The maximum Gasteiger partial charge on any atom is 0.164 e. The molecule has 0 fully saturated rings. The average molecular weight is 386 g/mol. The van der Waals surface area contributed by atoms with Crippen molar-refractivity contribution in [2.24, 2.45) is 0 Å². The molecule has 0 atom stereocenters. The van der Waals surface area contributed by atoms with Crippen LogP contribution in [0.5, 0.6) is 0 Å². The molecule has 0 saturated heterocycles. The van der Waals surface area contributed by atoms with Gasteiger partial charge in [-0.2, -0.15) is 0 Å². The summed E-state index contributed by atoms with van der Waals surface area (Å²) in [6, 6.07) is 17.8. The van der Waals surface area contributed by atoms with Gasteiger partial charge in [-0.3, -0.25) is 0 Å². The third-order valence-electron chi connectivity index (χ3n) is 3.67. The Balaban J connectivity index is 1.91. The van der Waals surface area contributed by atoms with Gasteiger partial charge in [-0.25, -0.2) is 15.0 Å². The van der Waals surface area contributed by atoms with Crippen LogP contribution >= 0.6 is 15.9 Å². The van der Waals surface area contributed by atoms with E-state index in [1.165, 1.54) is 0 Å². The number of hydrogen-bond donors (Lipinski definition) is 0. The minimum absolute atomic E-state index is 0.620. The summed E-state index contributed by atoms with van der Waals surface area (Å²) in [6.07, 6.45) is 5.56. The fourth-order valence-corrected chi connectivity index (χ4v) is 2.86. The Bertz CT molecular complexity index is 1070. The summed E-state index contributed by atoms with van der Waals surface area (Å²) in [4.78, 5) is 14.0. The van der Waals surface area contributed by atoms with E-state index in [1.807, 2.05) is 66.7 Å². The summed E-state index contributed by atoms with van der Waals surface area (Å²) in [5, 5.41) is 0. The van der Waals surface area contributed by atoms with Crippen molar-refractivity contribution >= 4 is 21.5 Å². The number of aromatic nitrogens is 3. The molecule has 4 heteroatoms. The molecule has 25 heavy (non-hydrogen) atoms. The Labute approximate surface area is 153 Å². The molecule has 0 saturated carbocycles. The molecule has 3 aromatic rings. The van der Waals surface area contributed by atoms with Crippen LogP contribution in [0.3, 0.4) is 0 Å². The van der Waals surface area contributed by atoms with Crippen LogP contribution in [0, 0.1) is 0 Å². The van der Waals surface area contributed by atoms with E-state index in [4.69, 9.17) is 0 Å². The maximum atomic E-state index is 4.68. The molecule has 3 nitrogen and oxygen atoms in total. The zero-order chi connectivity index (χ0) is 17.1. The third-order valence-corrected chi connectivity index (χ3v) is 4.16. The zero-order valence-electron chi connectivity index (χ0n) is 13.1. The van der Waals surface area contributed by atoms with Crippen molar-refractivity contribution in [2.75, 3.05) is 0 Å². The minimum Gasteiger partial charge on any atom is -0.208 e. The molecule has 4 rings (SSSR count). The highest BCUT2D eigenvalue weighted by molar-refractivity contribution is 9.10. The van der Waals surface area contributed by atoms with Gasteiger partial charge < -0.3 is 0 Å². The van der Waals surface area contributed by atoms with Gasteiger partial charge in [-0.15, -0.1) is 0 Å².